The van der Waals surface area contributed by atoms with Crippen molar-refractivity contribution in [2.75, 3.05) is 7.11 Å². The van der Waals surface area contributed by atoms with Crippen molar-refractivity contribution in [1.29, 1.82) is 0 Å². The molecule has 6 nitrogen and oxygen atoms in total. The molecule has 0 saturated heterocycles. The first-order valence-corrected chi connectivity index (χ1v) is 7.71. The molecule has 0 fully saturated rings. The Morgan fingerprint density at radius 3 is 2.60 bits per heavy atom. The summed E-state index contributed by atoms with van der Waals surface area (Å²) in [5.41, 5.74) is 9.36. The number of hydrazone groups is 1. The van der Waals surface area contributed by atoms with Crippen LogP contribution in [0.4, 0.5) is 0 Å². The second-order valence-electron chi connectivity index (χ2n) is 4.81. The third kappa shape index (κ3) is 6.08. The summed E-state index contributed by atoms with van der Waals surface area (Å²) in [6.45, 7) is 0. The van der Waals surface area contributed by atoms with Gasteiger partial charge in [-0.05, 0) is 47.6 Å². The topological polar surface area (TPSA) is 85.9 Å². The van der Waals surface area contributed by atoms with Crippen molar-refractivity contribution in [2.45, 2.75) is 0 Å². The predicted molar refractivity (Wildman–Crippen MR) is 102 cm³/mol. The highest BCUT2D eigenvalue weighted by atomic mass is 32.1. The number of esters is 1. The van der Waals surface area contributed by atoms with E-state index in [1.165, 1.54) is 19.4 Å². The van der Waals surface area contributed by atoms with E-state index in [2.05, 4.69) is 22.7 Å². The van der Waals surface area contributed by atoms with Crippen LogP contribution >= 0.6 is 12.2 Å². The smallest absolute Gasteiger partial charge is 0.336 e. The molecule has 0 unspecified atom stereocenters. The highest BCUT2D eigenvalue weighted by Crippen LogP contribution is 2.27. The van der Waals surface area contributed by atoms with E-state index in [0.717, 1.165) is 11.1 Å². The summed E-state index contributed by atoms with van der Waals surface area (Å²) in [7, 11) is 1.49. The van der Waals surface area contributed by atoms with Crippen molar-refractivity contribution < 1.29 is 14.3 Å². The van der Waals surface area contributed by atoms with Gasteiger partial charge in [-0.2, -0.15) is 5.10 Å². The second kappa shape index (κ2) is 9.19. The van der Waals surface area contributed by atoms with Gasteiger partial charge in [0.25, 0.3) is 0 Å². The Hall–Kier alpha value is -3.19. The Morgan fingerprint density at radius 2 is 1.92 bits per heavy atom. The molecular weight excluding hydrogens is 338 g/mol. The summed E-state index contributed by atoms with van der Waals surface area (Å²) in [5.74, 6) is 0.212. The average Bonchev–Trinajstić information content (AvgIpc) is 2.61. The number of rotatable bonds is 6. The van der Waals surface area contributed by atoms with Gasteiger partial charge in [0, 0.05) is 6.08 Å². The number of thiocarbonyl (C=S) groups is 1. The molecule has 2 aromatic carbocycles. The minimum absolute atomic E-state index is 0.0685. The number of hydrogen-bond donors (Lipinski definition) is 2. The summed E-state index contributed by atoms with van der Waals surface area (Å²) >= 11 is 4.65. The van der Waals surface area contributed by atoms with E-state index >= 15 is 0 Å². The fourth-order valence-corrected chi connectivity index (χ4v) is 1.94. The standard InChI is InChI=1S/C18H17N3O3S/c1-23-16-11-14(12-20-21-18(19)25)7-9-15(16)24-17(22)10-8-13-5-3-2-4-6-13/h2-12H,1H3,(H3,19,21,25). The molecule has 0 aliphatic heterocycles. The number of nitrogens with two attached hydrogens (primary N) is 1. The number of methoxy groups -OCH3 is 1. The lowest BCUT2D eigenvalue weighted by molar-refractivity contribution is -0.129. The number of ether oxygens (including phenoxy) is 2. The molecule has 2 aromatic rings. The highest BCUT2D eigenvalue weighted by molar-refractivity contribution is 7.80. The van der Waals surface area contributed by atoms with Crippen molar-refractivity contribution in [3.63, 3.8) is 0 Å². The Morgan fingerprint density at radius 1 is 1.16 bits per heavy atom. The minimum Gasteiger partial charge on any atom is -0.493 e. The van der Waals surface area contributed by atoms with Gasteiger partial charge < -0.3 is 15.2 Å². The molecule has 128 valence electrons. The summed E-state index contributed by atoms with van der Waals surface area (Å²) < 4.78 is 10.5. The van der Waals surface area contributed by atoms with Crippen LogP contribution in [0.5, 0.6) is 11.5 Å². The molecule has 2 rings (SSSR count). The molecule has 3 N–H and O–H groups in total. The first kappa shape index (κ1) is 18.2. The zero-order valence-corrected chi connectivity index (χ0v) is 14.3. The fraction of sp³-hybridized carbons (Fsp3) is 0.0556. The number of hydrogen-bond acceptors (Lipinski definition) is 5. The Bertz CT molecular complexity index is 804. The van der Waals surface area contributed by atoms with Crippen molar-refractivity contribution >= 4 is 35.6 Å². The molecule has 25 heavy (non-hydrogen) atoms. The largest absolute Gasteiger partial charge is 0.493 e. The Kier molecular flexibility index (Phi) is 6.67. The number of benzene rings is 2. The van der Waals surface area contributed by atoms with Crippen LogP contribution in [0.3, 0.4) is 0 Å². The monoisotopic (exact) mass is 355 g/mol. The normalized spacial score (nSPS) is 10.8. The lowest BCUT2D eigenvalue weighted by Crippen LogP contribution is -2.23. The molecule has 0 atom stereocenters. The molecule has 0 aliphatic rings. The Balaban J connectivity index is 2.06. The van der Waals surface area contributed by atoms with Crippen molar-refractivity contribution in [2.24, 2.45) is 10.8 Å². The van der Waals surface area contributed by atoms with Crippen LogP contribution in [0.15, 0.2) is 59.7 Å². The molecule has 0 aliphatic carbocycles. The van der Waals surface area contributed by atoms with Crippen LogP contribution in [-0.4, -0.2) is 24.4 Å². The second-order valence-corrected chi connectivity index (χ2v) is 5.25. The van der Waals surface area contributed by atoms with Crippen LogP contribution in [0.25, 0.3) is 6.08 Å². The van der Waals surface area contributed by atoms with Gasteiger partial charge in [-0.15, -0.1) is 0 Å². The van der Waals surface area contributed by atoms with Gasteiger partial charge in [0.2, 0.25) is 0 Å². The van der Waals surface area contributed by atoms with Gasteiger partial charge in [0.15, 0.2) is 16.6 Å². The first-order valence-electron chi connectivity index (χ1n) is 7.30. The number of nitrogens with zero attached hydrogens (tertiary/aromatic N) is 1. The molecule has 7 heteroatoms. The lowest BCUT2D eigenvalue weighted by Gasteiger charge is -2.08. The van der Waals surface area contributed by atoms with E-state index in [-0.39, 0.29) is 5.11 Å². The zero-order valence-electron chi connectivity index (χ0n) is 13.5. The number of carbonyl (C=O) groups is 1. The Labute approximate surface area is 150 Å². The maximum Gasteiger partial charge on any atom is 0.336 e. The fourth-order valence-electron chi connectivity index (χ4n) is 1.89. The third-order valence-corrected chi connectivity index (χ3v) is 3.09. The zero-order chi connectivity index (χ0) is 18.1. The van der Waals surface area contributed by atoms with Gasteiger partial charge in [0.05, 0.1) is 13.3 Å². The maximum absolute atomic E-state index is 12.0. The van der Waals surface area contributed by atoms with E-state index in [0.29, 0.717) is 11.5 Å². The van der Waals surface area contributed by atoms with E-state index in [1.54, 1.807) is 24.3 Å². The summed E-state index contributed by atoms with van der Waals surface area (Å²) in [4.78, 5) is 12.0. The molecule has 0 saturated carbocycles. The van der Waals surface area contributed by atoms with E-state index in [4.69, 9.17) is 15.2 Å². The third-order valence-electron chi connectivity index (χ3n) is 3.00. The number of carbonyl (C=O) groups excluding carboxylic acids is 1. The van der Waals surface area contributed by atoms with E-state index in [9.17, 15) is 4.79 Å². The first-order chi connectivity index (χ1) is 12.1. The molecule has 0 heterocycles. The minimum atomic E-state index is -0.501. The summed E-state index contributed by atoms with van der Waals surface area (Å²) in [5, 5.41) is 3.92. The van der Waals surface area contributed by atoms with Crippen LogP contribution in [0.1, 0.15) is 11.1 Å². The summed E-state index contributed by atoms with van der Waals surface area (Å²) in [6.07, 6.45) is 4.55. The van der Waals surface area contributed by atoms with Gasteiger partial charge >= 0.3 is 5.97 Å². The average molecular weight is 355 g/mol. The predicted octanol–water partition coefficient (Wildman–Crippen LogP) is 2.48. The molecule has 0 amide bonds. The highest BCUT2D eigenvalue weighted by Gasteiger charge is 2.08. The van der Waals surface area contributed by atoms with Gasteiger partial charge in [0.1, 0.15) is 0 Å². The maximum atomic E-state index is 12.0. The molecule has 0 spiro atoms. The van der Waals surface area contributed by atoms with Crippen LogP contribution in [0.2, 0.25) is 0 Å². The lowest BCUT2D eigenvalue weighted by atomic mass is 10.2. The molecular formula is C18H17N3O3S. The van der Waals surface area contributed by atoms with Crippen LogP contribution in [0, 0.1) is 0 Å². The van der Waals surface area contributed by atoms with Gasteiger partial charge in [-0.3, -0.25) is 5.43 Å². The molecule has 0 radical (unpaired) electrons. The van der Waals surface area contributed by atoms with Crippen molar-refractivity contribution in [3.8, 4) is 11.5 Å². The van der Waals surface area contributed by atoms with Crippen LogP contribution < -0.4 is 20.6 Å². The molecule has 0 aromatic heterocycles. The SMILES string of the molecule is COc1cc(C=NNC(N)=S)ccc1OC(=O)C=Cc1ccccc1. The summed E-state index contributed by atoms with van der Waals surface area (Å²) in [6, 6.07) is 14.5. The molecule has 0 bridgehead atoms. The number of nitrogens with one attached hydrogen (secondary N) is 1. The van der Waals surface area contributed by atoms with Crippen molar-refractivity contribution in [1.82, 2.24) is 5.43 Å². The van der Waals surface area contributed by atoms with E-state index < -0.39 is 5.97 Å². The van der Waals surface area contributed by atoms with Gasteiger partial charge in [-0.25, -0.2) is 4.79 Å². The van der Waals surface area contributed by atoms with Crippen molar-refractivity contribution in [3.05, 3.63) is 65.7 Å². The van der Waals surface area contributed by atoms with Crippen LogP contribution in [-0.2, 0) is 4.79 Å². The van der Waals surface area contributed by atoms with Gasteiger partial charge in [-0.1, -0.05) is 30.3 Å². The van der Waals surface area contributed by atoms with E-state index in [1.807, 2.05) is 30.3 Å². The quantitative estimate of drug-likeness (QED) is 0.207.